The number of rotatable bonds is 4. The van der Waals surface area contributed by atoms with Gasteiger partial charge in [0.05, 0.1) is 10.5 Å². The Hall–Kier alpha value is -2.11. The smallest absolute Gasteiger partial charge is 0.340 e. The summed E-state index contributed by atoms with van der Waals surface area (Å²) >= 11 is 0. The summed E-state index contributed by atoms with van der Waals surface area (Å²) in [5.74, 6) is 0.0111. The van der Waals surface area contributed by atoms with E-state index in [1.807, 2.05) is 0 Å². The lowest BCUT2D eigenvalue weighted by molar-refractivity contribution is -0.384. The van der Waals surface area contributed by atoms with E-state index in [9.17, 15) is 14.9 Å². The van der Waals surface area contributed by atoms with E-state index in [4.69, 9.17) is 10.5 Å². The van der Waals surface area contributed by atoms with Crippen LogP contribution in [-0.2, 0) is 4.74 Å². The van der Waals surface area contributed by atoms with E-state index in [2.05, 4.69) is 6.92 Å². The molecule has 2 atom stereocenters. The normalized spacial score (nSPS) is 21.8. The third-order valence-electron chi connectivity index (χ3n) is 4.05. The summed E-state index contributed by atoms with van der Waals surface area (Å²) in [7, 11) is 0. The van der Waals surface area contributed by atoms with Crippen LogP contribution in [0.15, 0.2) is 18.2 Å². The van der Waals surface area contributed by atoms with Gasteiger partial charge in [0.25, 0.3) is 5.69 Å². The lowest BCUT2D eigenvalue weighted by atomic mass is 9.85. The molecule has 0 aromatic heterocycles. The van der Waals surface area contributed by atoms with Crippen LogP contribution in [0.3, 0.4) is 0 Å². The van der Waals surface area contributed by atoms with Crippen molar-refractivity contribution < 1.29 is 14.5 Å². The summed E-state index contributed by atoms with van der Waals surface area (Å²) in [5.41, 5.74) is 5.84. The molecule has 114 valence electrons. The van der Waals surface area contributed by atoms with Crippen LogP contribution in [0, 0.1) is 16.0 Å². The zero-order valence-corrected chi connectivity index (χ0v) is 12.1. The summed E-state index contributed by atoms with van der Waals surface area (Å²) in [5, 5.41) is 10.8. The average molecular weight is 292 g/mol. The molecule has 1 aromatic carbocycles. The first-order valence-corrected chi connectivity index (χ1v) is 7.26. The number of nitrogens with two attached hydrogens (primary N) is 1. The third kappa shape index (κ3) is 3.71. The van der Waals surface area contributed by atoms with Gasteiger partial charge < -0.3 is 10.5 Å². The molecular formula is C15H20N2O4. The van der Waals surface area contributed by atoms with Crippen molar-refractivity contribution in [1.82, 2.24) is 0 Å². The number of nitrogens with zero attached hydrogens (tertiary/aromatic N) is 1. The van der Waals surface area contributed by atoms with E-state index in [1.165, 1.54) is 24.6 Å². The lowest BCUT2D eigenvalue weighted by Gasteiger charge is -2.28. The van der Waals surface area contributed by atoms with Crippen LogP contribution in [0.4, 0.5) is 11.4 Å². The van der Waals surface area contributed by atoms with Gasteiger partial charge in [-0.3, -0.25) is 10.1 Å². The number of carbonyl (C=O) groups excluding carboxylic acids is 1. The van der Waals surface area contributed by atoms with E-state index in [0.717, 1.165) is 25.7 Å². The predicted octanol–water partition coefficient (Wildman–Crippen LogP) is 3.30. The summed E-state index contributed by atoms with van der Waals surface area (Å²) < 4.78 is 5.48. The Kier molecular flexibility index (Phi) is 4.77. The summed E-state index contributed by atoms with van der Waals surface area (Å²) in [6.45, 7) is 2.13. The molecule has 2 N–H and O–H groups in total. The quantitative estimate of drug-likeness (QED) is 0.397. The summed E-state index contributed by atoms with van der Waals surface area (Å²) in [4.78, 5) is 22.4. The highest BCUT2D eigenvalue weighted by atomic mass is 16.6. The fourth-order valence-electron chi connectivity index (χ4n) is 2.77. The van der Waals surface area contributed by atoms with Crippen molar-refractivity contribution in [2.75, 3.05) is 5.73 Å². The highest BCUT2D eigenvalue weighted by molar-refractivity contribution is 5.95. The fraction of sp³-hybridized carbons (Fsp3) is 0.533. The van der Waals surface area contributed by atoms with Crippen LogP contribution >= 0.6 is 0 Å². The van der Waals surface area contributed by atoms with Gasteiger partial charge in [-0.1, -0.05) is 19.8 Å². The van der Waals surface area contributed by atoms with Gasteiger partial charge in [0.15, 0.2) is 0 Å². The minimum Gasteiger partial charge on any atom is -0.459 e. The first-order chi connectivity index (χ1) is 10.0. The molecule has 21 heavy (non-hydrogen) atoms. The van der Waals surface area contributed by atoms with Crippen molar-refractivity contribution >= 4 is 17.3 Å². The molecule has 0 saturated heterocycles. The SMILES string of the molecule is CCC1CCCC(OC(=O)c2cc([N+](=O)[O-])ccc2N)C1. The minimum absolute atomic E-state index is 0.0721. The number of esters is 1. The number of carbonyl (C=O) groups is 1. The molecule has 1 aromatic rings. The molecule has 2 unspecified atom stereocenters. The van der Waals surface area contributed by atoms with Gasteiger partial charge in [-0.25, -0.2) is 4.79 Å². The zero-order chi connectivity index (χ0) is 15.4. The Morgan fingerprint density at radius 2 is 2.24 bits per heavy atom. The maximum atomic E-state index is 12.2. The molecule has 0 bridgehead atoms. The van der Waals surface area contributed by atoms with Gasteiger partial charge in [0.1, 0.15) is 6.10 Å². The van der Waals surface area contributed by atoms with E-state index in [0.29, 0.717) is 5.92 Å². The van der Waals surface area contributed by atoms with Gasteiger partial charge in [-0.15, -0.1) is 0 Å². The Morgan fingerprint density at radius 3 is 2.90 bits per heavy atom. The van der Waals surface area contributed by atoms with Gasteiger partial charge in [0, 0.05) is 17.8 Å². The first-order valence-electron chi connectivity index (χ1n) is 7.26. The monoisotopic (exact) mass is 292 g/mol. The number of anilines is 1. The van der Waals surface area contributed by atoms with E-state index < -0.39 is 10.9 Å². The van der Waals surface area contributed by atoms with Crippen LogP contribution < -0.4 is 5.73 Å². The topological polar surface area (TPSA) is 95.5 Å². The van der Waals surface area contributed by atoms with Gasteiger partial charge >= 0.3 is 5.97 Å². The lowest BCUT2D eigenvalue weighted by Crippen LogP contribution is -2.25. The summed E-state index contributed by atoms with van der Waals surface area (Å²) in [6, 6.07) is 3.82. The Balaban J connectivity index is 2.09. The molecule has 0 aliphatic heterocycles. The van der Waals surface area contributed by atoms with Crippen LogP contribution in [0.25, 0.3) is 0 Å². The number of benzene rings is 1. The van der Waals surface area contributed by atoms with Crippen molar-refractivity contribution in [3.8, 4) is 0 Å². The Morgan fingerprint density at radius 1 is 1.48 bits per heavy atom. The van der Waals surface area contributed by atoms with Crippen LogP contribution in [-0.4, -0.2) is 17.0 Å². The van der Waals surface area contributed by atoms with Crippen LogP contribution in [0.5, 0.6) is 0 Å². The highest BCUT2D eigenvalue weighted by Crippen LogP contribution is 2.29. The van der Waals surface area contributed by atoms with Crippen molar-refractivity contribution in [1.29, 1.82) is 0 Å². The van der Waals surface area contributed by atoms with Crippen molar-refractivity contribution in [3.63, 3.8) is 0 Å². The molecule has 6 heteroatoms. The third-order valence-corrected chi connectivity index (χ3v) is 4.05. The number of hydrogen-bond acceptors (Lipinski definition) is 5. The molecule has 1 saturated carbocycles. The fourth-order valence-corrected chi connectivity index (χ4v) is 2.77. The Bertz CT molecular complexity index is 544. The zero-order valence-electron chi connectivity index (χ0n) is 12.1. The largest absolute Gasteiger partial charge is 0.459 e. The van der Waals surface area contributed by atoms with Crippen LogP contribution in [0.1, 0.15) is 49.4 Å². The maximum Gasteiger partial charge on any atom is 0.340 e. The summed E-state index contributed by atoms with van der Waals surface area (Å²) in [6.07, 6.45) is 4.88. The number of nitrogen functional groups attached to an aromatic ring is 1. The predicted molar refractivity (Wildman–Crippen MR) is 79.0 cm³/mol. The molecule has 0 heterocycles. The standard InChI is InChI=1S/C15H20N2O4/c1-2-10-4-3-5-12(8-10)21-15(18)13-9-11(17(19)20)6-7-14(13)16/h6-7,9-10,12H,2-5,8,16H2,1H3. The number of nitro benzene ring substituents is 1. The molecule has 6 nitrogen and oxygen atoms in total. The molecule has 0 amide bonds. The minimum atomic E-state index is -0.571. The second kappa shape index (κ2) is 6.56. The van der Waals surface area contributed by atoms with Gasteiger partial charge in [-0.05, 0) is 31.2 Å². The number of ether oxygens (including phenoxy) is 1. The van der Waals surface area contributed by atoms with Crippen molar-refractivity contribution in [2.24, 2.45) is 5.92 Å². The van der Waals surface area contributed by atoms with E-state index in [1.54, 1.807) is 0 Å². The molecule has 2 rings (SSSR count). The number of hydrogen-bond donors (Lipinski definition) is 1. The second-order valence-electron chi connectivity index (χ2n) is 5.50. The van der Waals surface area contributed by atoms with E-state index in [-0.39, 0.29) is 23.0 Å². The second-order valence-corrected chi connectivity index (χ2v) is 5.50. The molecule has 1 aliphatic rings. The molecule has 1 fully saturated rings. The van der Waals surface area contributed by atoms with Crippen molar-refractivity contribution in [3.05, 3.63) is 33.9 Å². The molecule has 1 aliphatic carbocycles. The van der Waals surface area contributed by atoms with Gasteiger partial charge in [0.2, 0.25) is 0 Å². The van der Waals surface area contributed by atoms with Crippen LogP contribution in [0.2, 0.25) is 0 Å². The maximum absolute atomic E-state index is 12.2. The van der Waals surface area contributed by atoms with Gasteiger partial charge in [-0.2, -0.15) is 0 Å². The Labute approximate surface area is 123 Å². The molecular weight excluding hydrogens is 272 g/mol. The highest BCUT2D eigenvalue weighted by Gasteiger charge is 2.25. The molecule has 0 radical (unpaired) electrons. The molecule has 0 spiro atoms. The van der Waals surface area contributed by atoms with E-state index >= 15 is 0 Å². The van der Waals surface area contributed by atoms with Crippen molar-refractivity contribution in [2.45, 2.75) is 45.1 Å². The number of non-ortho nitro benzene ring substituents is 1. The number of nitro groups is 1. The first kappa shape index (κ1) is 15.3. The average Bonchev–Trinajstić information content (AvgIpc) is 2.47.